The molecule has 0 unspecified atom stereocenters. The first-order valence-corrected chi connectivity index (χ1v) is 4.65. The molecule has 4 nitrogen and oxygen atoms in total. The van der Waals surface area contributed by atoms with Crippen LogP contribution in [0.25, 0.3) is 0 Å². The van der Waals surface area contributed by atoms with E-state index in [9.17, 15) is 4.79 Å². The van der Waals surface area contributed by atoms with Gasteiger partial charge in [-0.1, -0.05) is 0 Å². The lowest BCUT2D eigenvalue weighted by molar-refractivity contribution is -0.121. The van der Waals surface area contributed by atoms with Crippen LogP contribution in [-0.4, -0.2) is 28.7 Å². The first-order chi connectivity index (χ1) is 6.65. The van der Waals surface area contributed by atoms with E-state index < -0.39 is 0 Å². The molecule has 1 heterocycles. The molecule has 0 spiro atoms. The molecule has 2 N–H and O–H groups in total. The molecule has 14 heavy (non-hydrogen) atoms. The topological polar surface area (TPSA) is 54.3 Å². The number of carbonyl (C=O) groups is 1. The Hall–Kier alpha value is -1.29. The molecule has 0 aromatic carbocycles. The standard InChI is InChI=1S/C10H16N2O2/c1-8-3-4-9(2)12(8)7-10(14)11-5-6-13/h3-4,13H,5-7H2,1-2H3,(H,11,14). The maximum atomic E-state index is 11.3. The predicted octanol–water partition coefficient (Wildman–Crippen LogP) is 0.213. The highest BCUT2D eigenvalue weighted by molar-refractivity contribution is 5.75. The van der Waals surface area contributed by atoms with Crippen molar-refractivity contribution in [2.24, 2.45) is 0 Å². The van der Waals surface area contributed by atoms with Gasteiger partial charge in [-0.15, -0.1) is 0 Å². The van der Waals surface area contributed by atoms with Crippen molar-refractivity contribution in [2.45, 2.75) is 20.4 Å². The predicted molar refractivity (Wildman–Crippen MR) is 54.0 cm³/mol. The van der Waals surface area contributed by atoms with Crippen LogP contribution in [0.5, 0.6) is 0 Å². The van der Waals surface area contributed by atoms with Gasteiger partial charge in [-0.05, 0) is 26.0 Å². The van der Waals surface area contributed by atoms with Crippen molar-refractivity contribution in [2.75, 3.05) is 13.2 Å². The van der Waals surface area contributed by atoms with Crippen molar-refractivity contribution in [3.8, 4) is 0 Å². The average Bonchev–Trinajstić information content (AvgIpc) is 2.46. The van der Waals surface area contributed by atoms with Gasteiger partial charge in [-0.3, -0.25) is 4.79 Å². The molecule has 0 aliphatic rings. The minimum atomic E-state index is -0.0681. The smallest absolute Gasteiger partial charge is 0.240 e. The number of amides is 1. The molecule has 0 bridgehead atoms. The summed E-state index contributed by atoms with van der Waals surface area (Å²) in [6.07, 6.45) is 0. The van der Waals surface area contributed by atoms with Gasteiger partial charge in [-0.2, -0.15) is 0 Å². The van der Waals surface area contributed by atoms with Gasteiger partial charge in [0.15, 0.2) is 0 Å². The molecule has 78 valence electrons. The van der Waals surface area contributed by atoms with Crippen LogP contribution in [0.1, 0.15) is 11.4 Å². The summed E-state index contributed by atoms with van der Waals surface area (Å²) in [6.45, 7) is 4.55. The number of aliphatic hydroxyl groups is 1. The van der Waals surface area contributed by atoms with Crippen LogP contribution in [0.3, 0.4) is 0 Å². The summed E-state index contributed by atoms with van der Waals surface area (Å²) in [5, 5.41) is 11.1. The maximum absolute atomic E-state index is 11.3. The molecule has 1 aromatic rings. The maximum Gasteiger partial charge on any atom is 0.240 e. The van der Waals surface area contributed by atoms with E-state index in [4.69, 9.17) is 5.11 Å². The third-order valence-corrected chi connectivity index (χ3v) is 2.15. The van der Waals surface area contributed by atoms with Gasteiger partial charge in [0.25, 0.3) is 0 Å². The quantitative estimate of drug-likeness (QED) is 0.723. The van der Waals surface area contributed by atoms with Gasteiger partial charge in [0, 0.05) is 17.9 Å². The molecule has 0 radical (unpaired) electrons. The van der Waals surface area contributed by atoms with Crippen LogP contribution in [0.15, 0.2) is 12.1 Å². The summed E-state index contributed by atoms with van der Waals surface area (Å²) in [6, 6.07) is 3.96. The van der Waals surface area contributed by atoms with E-state index in [1.807, 2.05) is 30.5 Å². The zero-order valence-electron chi connectivity index (χ0n) is 8.58. The molecule has 0 fully saturated rings. The Kier molecular flexibility index (Phi) is 3.71. The summed E-state index contributed by atoms with van der Waals surface area (Å²) >= 11 is 0. The third kappa shape index (κ3) is 2.60. The van der Waals surface area contributed by atoms with E-state index in [0.29, 0.717) is 13.1 Å². The van der Waals surface area contributed by atoms with Crippen molar-refractivity contribution in [3.63, 3.8) is 0 Å². The Morgan fingerprint density at radius 1 is 1.43 bits per heavy atom. The van der Waals surface area contributed by atoms with Gasteiger partial charge < -0.3 is 15.0 Å². The zero-order valence-corrected chi connectivity index (χ0v) is 8.58. The number of hydrogen-bond donors (Lipinski definition) is 2. The van der Waals surface area contributed by atoms with E-state index >= 15 is 0 Å². The lowest BCUT2D eigenvalue weighted by Gasteiger charge is -2.08. The van der Waals surface area contributed by atoms with E-state index in [1.165, 1.54) is 0 Å². The van der Waals surface area contributed by atoms with Crippen molar-refractivity contribution in [1.29, 1.82) is 0 Å². The van der Waals surface area contributed by atoms with E-state index in [-0.39, 0.29) is 12.5 Å². The fourth-order valence-corrected chi connectivity index (χ4v) is 1.34. The van der Waals surface area contributed by atoms with Crippen molar-refractivity contribution >= 4 is 5.91 Å². The second-order valence-corrected chi connectivity index (χ2v) is 3.28. The molecule has 0 saturated carbocycles. The first-order valence-electron chi connectivity index (χ1n) is 4.65. The molecule has 1 amide bonds. The van der Waals surface area contributed by atoms with E-state index in [0.717, 1.165) is 11.4 Å². The number of aromatic nitrogens is 1. The van der Waals surface area contributed by atoms with Crippen LogP contribution >= 0.6 is 0 Å². The number of aryl methyl sites for hydroxylation is 2. The summed E-state index contributed by atoms with van der Waals surface area (Å²) < 4.78 is 1.94. The van der Waals surface area contributed by atoms with Gasteiger partial charge in [0.05, 0.1) is 6.61 Å². The molecule has 1 aromatic heterocycles. The largest absolute Gasteiger partial charge is 0.395 e. The second-order valence-electron chi connectivity index (χ2n) is 3.28. The Bertz CT molecular complexity index is 298. The molecule has 0 aliphatic carbocycles. The summed E-state index contributed by atoms with van der Waals surface area (Å²) in [5.74, 6) is -0.0681. The lowest BCUT2D eigenvalue weighted by atomic mass is 10.4. The minimum Gasteiger partial charge on any atom is -0.395 e. The molecule has 0 saturated heterocycles. The molecular formula is C10H16N2O2. The van der Waals surface area contributed by atoms with Gasteiger partial charge >= 0.3 is 0 Å². The lowest BCUT2D eigenvalue weighted by Crippen LogP contribution is -2.30. The Balaban J connectivity index is 2.55. The van der Waals surface area contributed by atoms with Crippen LogP contribution in [0, 0.1) is 13.8 Å². The fraction of sp³-hybridized carbons (Fsp3) is 0.500. The minimum absolute atomic E-state index is 0.0185. The number of aliphatic hydroxyl groups excluding tert-OH is 1. The normalized spacial score (nSPS) is 10.2. The summed E-state index contributed by atoms with van der Waals surface area (Å²) in [4.78, 5) is 11.3. The van der Waals surface area contributed by atoms with Crippen LogP contribution in [-0.2, 0) is 11.3 Å². The molecular weight excluding hydrogens is 180 g/mol. The summed E-state index contributed by atoms with van der Waals surface area (Å²) in [5.41, 5.74) is 2.14. The SMILES string of the molecule is Cc1ccc(C)n1CC(=O)NCCO. The molecule has 0 aliphatic heterocycles. The molecule has 4 heteroatoms. The van der Waals surface area contributed by atoms with Gasteiger partial charge in [0.2, 0.25) is 5.91 Å². The monoisotopic (exact) mass is 196 g/mol. The van der Waals surface area contributed by atoms with Crippen LogP contribution in [0.2, 0.25) is 0 Å². The van der Waals surface area contributed by atoms with Gasteiger partial charge in [0.1, 0.15) is 6.54 Å². The average molecular weight is 196 g/mol. The van der Waals surface area contributed by atoms with E-state index in [2.05, 4.69) is 5.32 Å². The highest BCUT2D eigenvalue weighted by Crippen LogP contribution is 2.06. The highest BCUT2D eigenvalue weighted by atomic mass is 16.3. The Labute approximate surface area is 83.5 Å². The highest BCUT2D eigenvalue weighted by Gasteiger charge is 2.05. The number of hydrogen-bond acceptors (Lipinski definition) is 2. The first kappa shape index (κ1) is 10.8. The van der Waals surface area contributed by atoms with E-state index in [1.54, 1.807) is 0 Å². The van der Waals surface area contributed by atoms with Crippen LogP contribution in [0.4, 0.5) is 0 Å². The zero-order chi connectivity index (χ0) is 10.6. The Morgan fingerprint density at radius 3 is 2.50 bits per heavy atom. The van der Waals surface area contributed by atoms with Crippen LogP contribution < -0.4 is 5.32 Å². The number of nitrogens with one attached hydrogen (secondary N) is 1. The van der Waals surface area contributed by atoms with Gasteiger partial charge in [-0.25, -0.2) is 0 Å². The van der Waals surface area contributed by atoms with Crippen molar-refractivity contribution < 1.29 is 9.90 Å². The third-order valence-electron chi connectivity index (χ3n) is 2.15. The molecule has 1 rings (SSSR count). The van der Waals surface area contributed by atoms with Crippen molar-refractivity contribution in [1.82, 2.24) is 9.88 Å². The number of rotatable bonds is 4. The number of nitrogens with zero attached hydrogens (tertiary/aromatic N) is 1. The fourth-order valence-electron chi connectivity index (χ4n) is 1.34. The number of carbonyl (C=O) groups excluding carboxylic acids is 1. The Morgan fingerprint density at radius 2 is 2.00 bits per heavy atom. The summed E-state index contributed by atoms with van der Waals surface area (Å²) in [7, 11) is 0. The molecule has 0 atom stereocenters. The van der Waals surface area contributed by atoms with Crippen molar-refractivity contribution in [3.05, 3.63) is 23.5 Å². The second kappa shape index (κ2) is 4.81.